The molecule has 120 valence electrons. The third kappa shape index (κ3) is 6.14. The lowest BCUT2D eigenvalue weighted by Gasteiger charge is -2.38. The summed E-state index contributed by atoms with van der Waals surface area (Å²) in [6, 6.07) is -0.278. The van der Waals surface area contributed by atoms with Crippen molar-refractivity contribution in [3.63, 3.8) is 0 Å². The molecule has 0 unspecified atom stereocenters. The molecule has 0 atom stereocenters. The number of piperazine rings is 1. The number of carboxylic acid groups (broad SMARTS) is 1. The smallest absolute Gasteiger partial charge is 0.323 e. The van der Waals surface area contributed by atoms with E-state index in [1.165, 1.54) is 11.0 Å². The normalized spacial score (nSPS) is 16.6. The maximum absolute atomic E-state index is 12.3. The zero-order valence-corrected chi connectivity index (χ0v) is 12.8. The Labute approximate surface area is 125 Å². The summed E-state index contributed by atoms with van der Waals surface area (Å²) in [5.41, 5.74) is -0.760. The van der Waals surface area contributed by atoms with Crippen LogP contribution >= 0.6 is 0 Å². The van der Waals surface area contributed by atoms with Crippen LogP contribution in [-0.4, -0.2) is 88.3 Å². The molecule has 0 aromatic rings. The second kappa shape index (κ2) is 7.42. The van der Waals surface area contributed by atoms with Gasteiger partial charge in [0.15, 0.2) is 0 Å². The SMILES string of the molecule is C=CCN(CC(=O)O)C(=O)N1CCN(CC(C)(C)O)CC1. The van der Waals surface area contributed by atoms with E-state index in [0.717, 1.165) is 0 Å². The van der Waals surface area contributed by atoms with Gasteiger partial charge in [0, 0.05) is 39.3 Å². The summed E-state index contributed by atoms with van der Waals surface area (Å²) in [5, 5.41) is 18.6. The number of carbonyl (C=O) groups excluding carboxylic acids is 1. The van der Waals surface area contributed by atoms with Gasteiger partial charge in [-0.15, -0.1) is 6.58 Å². The lowest BCUT2D eigenvalue weighted by molar-refractivity contribution is -0.137. The first-order chi connectivity index (χ1) is 9.73. The van der Waals surface area contributed by atoms with Gasteiger partial charge in [-0.1, -0.05) is 6.08 Å². The van der Waals surface area contributed by atoms with Crippen LogP contribution in [0.15, 0.2) is 12.7 Å². The average Bonchev–Trinajstić information content (AvgIpc) is 2.36. The molecule has 0 radical (unpaired) electrons. The first kappa shape index (κ1) is 17.5. The van der Waals surface area contributed by atoms with Crippen molar-refractivity contribution in [2.45, 2.75) is 19.4 Å². The maximum atomic E-state index is 12.3. The van der Waals surface area contributed by atoms with Crippen molar-refractivity contribution in [3.8, 4) is 0 Å². The van der Waals surface area contributed by atoms with Gasteiger partial charge in [-0.05, 0) is 13.8 Å². The van der Waals surface area contributed by atoms with Crippen LogP contribution in [0.3, 0.4) is 0 Å². The highest BCUT2D eigenvalue weighted by Crippen LogP contribution is 2.10. The van der Waals surface area contributed by atoms with E-state index in [-0.39, 0.29) is 19.1 Å². The van der Waals surface area contributed by atoms with Crippen LogP contribution in [0.25, 0.3) is 0 Å². The molecule has 1 aliphatic heterocycles. The number of β-amino-alcohol motifs (C(OH)–C–C–N with tert-alkyl or cyclic N) is 1. The van der Waals surface area contributed by atoms with Gasteiger partial charge in [0.2, 0.25) is 0 Å². The van der Waals surface area contributed by atoms with Crippen molar-refractivity contribution in [2.24, 2.45) is 0 Å². The summed E-state index contributed by atoms with van der Waals surface area (Å²) in [6.07, 6.45) is 1.52. The van der Waals surface area contributed by atoms with E-state index in [2.05, 4.69) is 11.5 Å². The molecule has 1 rings (SSSR count). The molecular formula is C14H25N3O4. The number of nitrogens with zero attached hydrogens (tertiary/aromatic N) is 3. The van der Waals surface area contributed by atoms with Gasteiger partial charge in [-0.2, -0.15) is 0 Å². The van der Waals surface area contributed by atoms with E-state index in [1.54, 1.807) is 18.7 Å². The molecule has 2 N–H and O–H groups in total. The fourth-order valence-corrected chi connectivity index (χ4v) is 2.37. The van der Waals surface area contributed by atoms with Gasteiger partial charge < -0.3 is 20.0 Å². The Balaban J connectivity index is 2.53. The molecule has 21 heavy (non-hydrogen) atoms. The molecule has 1 aliphatic rings. The van der Waals surface area contributed by atoms with Gasteiger partial charge in [0.05, 0.1) is 5.60 Å². The van der Waals surface area contributed by atoms with E-state index in [0.29, 0.717) is 32.7 Å². The standard InChI is InChI=1S/C14H25N3O4/c1-4-5-17(10-12(18)19)13(20)16-8-6-15(7-9-16)11-14(2,3)21/h4,21H,1,5-11H2,2-3H3,(H,18,19). The van der Waals surface area contributed by atoms with E-state index < -0.39 is 11.6 Å². The van der Waals surface area contributed by atoms with Gasteiger partial charge in [0.25, 0.3) is 0 Å². The van der Waals surface area contributed by atoms with Gasteiger partial charge in [-0.3, -0.25) is 9.69 Å². The number of hydrogen-bond donors (Lipinski definition) is 2. The van der Waals surface area contributed by atoms with Gasteiger partial charge >= 0.3 is 12.0 Å². The predicted octanol–water partition coefficient (Wildman–Crippen LogP) is 0.0675. The molecule has 1 fully saturated rings. The summed E-state index contributed by atoms with van der Waals surface area (Å²) >= 11 is 0. The van der Waals surface area contributed by atoms with Crippen molar-refractivity contribution in [3.05, 3.63) is 12.7 Å². The largest absolute Gasteiger partial charge is 0.480 e. The van der Waals surface area contributed by atoms with Crippen LogP contribution in [0.4, 0.5) is 4.79 Å². The van der Waals surface area contributed by atoms with Crippen molar-refractivity contribution in [1.29, 1.82) is 0 Å². The number of aliphatic carboxylic acids is 1. The molecule has 1 saturated heterocycles. The Kier molecular flexibility index (Phi) is 6.17. The Morgan fingerprint density at radius 1 is 1.29 bits per heavy atom. The number of carboxylic acids is 1. The van der Waals surface area contributed by atoms with Crippen molar-refractivity contribution in [1.82, 2.24) is 14.7 Å². The van der Waals surface area contributed by atoms with E-state index >= 15 is 0 Å². The topological polar surface area (TPSA) is 84.3 Å². The highest BCUT2D eigenvalue weighted by Gasteiger charge is 2.27. The minimum absolute atomic E-state index is 0.217. The molecule has 7 nitrogen and oxygen atoms in total. The number of amides is 2. The zero-order chi connectivity index (χ0) is 16.0. The van der Waals surface area contributed by atoms with Gasteiger partial charge in [-0.25, -0.2) is 4.79 Å². The molecule has 2 amide bonds. The Hall–Kier alpha value is -1.60. The Bertz CT molecular complexity index is 384. The van der Waals surface area contributed by atoms with Crippen LogP contribution in [0.5, 0.6) is 0 Å². The molecule has 0 bridgehead atoms. The minimum Gasteiger partial charge on any atom is -0.480 e. The van der Waals surface area contributed by atoms with Crippen LogP contribution in [0.2, 0.25) is 0 Å². The second-order valence-electron chi connectivity index (χ2n) is 5.92. The molecule has 0 spiro atoms. The molecule has 0 aromatic heterocycles. The molecule has 0 aliphatic carbocycles. The van der Waals surface area contributed by atoms with Crippen LogP contribution < -0.4 is 0 Å². The Morgan fingerprint density at radius 3 is 2.29 bits per heavy atom. The number of urea groups is 1. The number of carbonyl (C=O) groups is 2. The molecule has 0 aromatic carbocycles. The quantitative estimate of drug-likeness (QED) is 0.678. The average molecular weight is 299 g/mol. The van der Waals surface area contributed by atoms with Crippen molar-refractivity contribution >= 4 is 12.0 Å². The van der Waals surface area contributed by atoms with Crippen molar-refractivity contribution in [2.75, 3.05) is 45.8 Å². The molecule has 1 heterocycles. The molecule has 7 heteroatoms. The number of rotatable bonds is 6. The third-order valence-corrected chi connectivity index (χ3v) is 3.20. The maximum Gasteiger partial charge on any atom is 0.323 e. The fraction of sp³-hybridized carbons (Fsp3) is 0.714. The summed E-state index contributed by atoms with van der Waals surface area (Å²) < 4.78 is 0. The highest BCUT2D eigenvalue weighted by atomic mass is 16.4. The minimum atomic E-state index is -1.04. The van der Waals surface area contributed by atoms with Gasteiger partial charge in [0.1, 0.15) is 6.54 Å². The van der Waals surface area contributed by atoms with Crippen LogP contribution in [-0.2, 0) is 4.79 Å². The van der Waals surface area contributed by atoms with Crippen LogP contribution in [0.1, 0.15) is 13.8 Å². The molecule has 0 saturated carbocycles. The van der Waals surface area contributed by atoms with E-state index in [4.69, 9.17) is 5.11 Å². The first-order valence-corrected chi connectivity index (χ1v) is 7.04. The zero-order valence-electron chi connectivity index (χ0n) is 12.8. The summed E-state index contributed by atoms with van der Waals surface area (Å²) in [4.78, 5) is 28.1. The summed E-state index contributed by atoms with van der Waals surface area (Å²) in [7, 11) is 0. The van der Waals surface area contributed by atoms with Crippen molar-refractivity contribution < 1.29 is 19.8 Å². The summed E-state index contributed by atoms with van der Waals surface area (Å²) in [5.74, 6) is -1.04. The summed E-state index contributed by atoms with van der Waals surface area (Å²) in [6.45, 7) is 9.90. The second-order valence-corrected chi connectivity index (χ2v) is 5.92. The number of hydrogen-bond acceptors (Lipinski definition) is 4. The van der Waals surface area contributed by atoms with Crippen LogP contribution in [0, 0.1) is 0 Å². The predicted molar refractivity (Wildman–Crippen MR) is 79.1 cm³/mol. The lowest BCUT2D eigenvalue weighted by atomic mass is 10.1. The van der Waals surface area contributed by atoms with E-state index in [9.17, 15) is 14.7 Å². The first-order valence-electron chi connectivity index (χ1n) is 7.04. The third-order valence-electron chi connectivity index (χ3n) is 3.20. The van der Waals surface area contributed by atoms with E-state index in [1.807, 2.05) is 0 Å². The lowest BCUT2D eigenvalue weighted by Crippen LogP contribution is -2.55. The monoisotopic (exact) mass is 299 g/mol. The fourth-order valence-electron chi connectivity index (χ4n) is 2.37. The highest BCUT2D eigenvalue weighted by molar-refractivity contribution is 5.80. The number of aliphatic hydroxyl groups is 1. The Morgan fingerprint density at radius 2 is 1.86 bits per heavy atom. The molecular weight excluding hydrogens is 274 g/mol.